The molecule has 3 rings (SSSR count). The molecule has 0 aromatic carbocycles. The molecule has 0 radical (unpaired) electrons. The van der Waals surface area contributed by atoms with Gasteiger partial charge in [-0.3, -0.25) is 9.58 Å². The van der Waals surface area contributed by atoms with E-state index in [1.165, 1.54) is 5.56 Å². The number of aromatic nitrogens is 5. The van der Waals surface area contributed by atoms with Crippen LogP contribution in [0.5, 0.6) is 0 Å². The van der Waals surface area contributed by atoms with Crippen LogP contribution in [0.1, 0.15) is 37.6 Å². The van der Waals surface area contributed by atoms with Crippen molar-refractivity contribution in [1.82, 2.24) is 29.7 Å². The number of rotatable bonds is 5. The largest absolute Gasteiger partial charge is 0.382 e. The summed E-state index contributed by atoms with van der Waals surface area (Å²) in [4.78, 5) is 2.26. The maximum absolute atomic E-state index is 10.8. The van der Waals surface area contributed by atoms with Crippen molar-refractivity contribution in [3.05, 3.63) is 29.8 Å². The summed E-state index contributed by atoms with van der Waals surface area (Å²) in [7, 11) is 0. The van der Waals surface area contributed by atoms with E-state index in [0.29, 0.717) is 18.7 Å². The van der Waals surface area contributed by atoms with E-state index >= 15 is 0 Å². The van der Waals surface area contributed by atoms with Gasteiger partial charge in [0.2, 0.25) is 0 Å². The van der Waals surface area contributed by atoms with Gasteiger partial charge in [0.15, 0.2) is 0 Å². The van der Waals surface area contributed by atoms with Gasteiger partial charge in [0.25, 0.3) is 0 Å². The molecule has 0 saturated carbocycles. The van der Waals surface area contributed by atoms with Crippen molar-refractivity contribution in [3.63, 3.8) is 0 Å². The van der Waals surface area contributed by atoms with Crippen LogP contribution in [0, 0.1) is 6.92 Å². The van der Waals surface area contributed by atoms with Gasteiger partial charge in [-0.25, -0.2) is 4.68 Å². The molecule has 0 amide bonds. The molecule has 0 aliphatic carbocycles. The minimum Gasteiger partial charge on any atom is -0.382 e. The van der Waals surface area contributed by atoms with Gasteiger partial charge in [-0.15, -0.1) is 5.10 Å². The fourth-order valence-corrected chi connectivity index (χ4v) is 2.85. The number of aryl methyl sites for hydroxylation is 1. The Balaban J connectivity index is 1.60. The predicted molar refractivity (Wildman–Crippen MR) is 82.3 cm³/mol. The molecule has 120 valence electrons. The standard InChI is InChI=1S/C15H24N6O/c1-12(2)21-10-14(17-18-21)15(22)4-5-19(11-15)6-7-20-9-13(3)8-16-20/h8-10,12,22H,4-7,11H2,1-3H3/t15-/m0/s1. The second kappa shape index (κ2) is 5.81. The molecule has 1 saturated heterocycles. The number of β-amino-alcohol motifs (C(OH)–C–C–N with tert-alkyl or cyclic N) is 1. The second-order valence-electron chi connectivity index (χ2n) is 6.52. The summed E-state index contributed by atoms with van der Waals surface area (Å²) >= 11 is 0. The first kappa shape index (κ1) is 15.2. The van der Waals surface area contributed by atoms with Gasteiger partial charge in [0.05, 0.1) is 18.9 Å². The molecule has 1 aliphatic heterocycles. The van der Waals surface area contributed by atoms with E-state index in [9.17, 15) is 5.11 Å². The molecule has 1 fully saturated rings. The Morgan fingerprint density at radius 3 is 2.77 bits per heavy atom. The minimum absolute atomic E-state index is 0.255. The molecule has 0 bridgehead atoms. The normalized spacial score (nSPS) is 22.8. The van der Waals surface area contributed by atoms with Gasteiger partial charge in [0, 0.05) is 31.9 Å². The number of aliphatic hydroxyl groups is 1. The highest BCUT2D eigenvalue weighted by Gasteiger charge is 2.39. The van der Waals surface area contributed by atoms with Gasteiger partial charge < -0.3 is 5.11 Å². The quantitative estimate of drug-likeness (QED) is 0.891. The van der Waals surface area contributed by atoms with Crippen LogP contribution >= 0.6 is 0 Å². The van der Waals surface area contributed by atoms with E-state index in [0.717, 1.165) is 19.6 Å². The van der Waals surface area contributed by atoms with Crippen molar-refractivity contribution in [2.24, 2.45) is 0 Å². The Kier molecular flexibility index (Phi) is 4.01. The number of hydrogen-bond donors (Lipinski definition) is 1. The summed E-state index contributed by atoms with van der Waals surface area (Å²) in [6, 6.07) is 0.255. The van der Waals surface area contributed by atoms with Crippen LogP contribution in [0.25, 0.3) is 0 Å². The topological polar surface area (TPSA) is 72.0 Å². The van der Waals surface area contributed by atoms with Crippen LogP contribution < -0.4 is 0 Å². The van der Waals surface area contributed by atoms with E-state index in [2.05, 4.69) is 34.2 Å². The highest BCUT2D eigenvalue weighted by molar-refractivity contribution is 5.11. The minimum atomic E-state index is -0.882. The van der Waals surface area contributed by atoms with Gasteiger partial charge in [-0.2, -0.15) is 5.10 Å². The van der Waals surface area contributed by atoms with E-state index < -0.39 is 5.60 Å². The van der Waals surface area contributed by atoms with E-state index in [4.69, 9.17) is 0 Å². The molecule has 0 unspecified atom stereocenters. The average Bonchev–Trinajstić information content (AvgIpc) is 3.16. The summed E-state index contributed by atoms with van der Waals surface area (Å²) in [5.74, 6) is 0. The second-order valence-corrected chi connectivity index (χ2v) is 6.52. The summed E-state index contributed by atoms with van der Waals surface area (Å²) < 4.78 is 3.74. The molecular weight excluding hydrogens is 280 g/mol. The maximum atomic E-state index is 10.8. The van der Waals surface area contributed by atoms with Crippen LogP contribution in [-0.2, 0) is 12.1 Å². The zero-order chi connectivity index (χ0) is 15.7. The molecule has 2 aromatic heterocycles. The first-order chi connectivity index (χ1) is 10.5. The monoisotopic (exact) mass is 304 g/mol. The Labute approximate surface area is 130 Å². The highest BCUT2D eigenvalue weighted by Crippen LogP contribution is 2.30. The third-order valence-corrected chi connectivity index (χ3v) is 4.25. The lowest BCUT2D eigenvalue weighted by Gasteiger charge is -2.21. The molecule has 1 N–H and O–H groups in total. The third kappa shape index (κ3) is 3.05. The molecular formula is C15H24N6O. The van der Waals surface area contributed by atoms with Crippen LogP contribution in [0.15, 0.2) is 18.6 Å². The molecule has 1 aliphatic rings. The first-order valence-electron chi connectivity index (χ1n) is 7.82. The lowest BCUT2D eigenvalue weighted by atomic mass is 10.00. The van der Waals surface area contributed by atoms with Gasteiger partial charge in [-0.05, 0) is 32.8 Å². The summed E-state index contributed by atoms with van der Waals surface area (Å²) in [6.07, 6.45) is 6.47. The molecule has 2 aromatic rings. The molecule has 3 heterocycles. The SMILES string of the molecule is Cc1cnn(CCN2CC[C@@](O)(c3cn(C(C)C)nn3)C2)c1. The van der Waals surface area contributed by atoms with Crippen molar-refractivity contribution in [3.8, 4) is 0 Å². The van der Waals surface area contributed by atoms with Crippen LogP contribution in [0.3, 0.4) is 0 Å². The molecule has 7 heteroatoms. The summed E-state index contributed by atoms with van der Waals surface area (Å²) in [5.41, 5.74) is 0.967. The molecule has 1 atom stereocenters. The van der Waals surface area contributed by atoms with E-state index in [1.54, 1.807) is 4.68 Å². The van der Waals surface area contributed by atoms with Crippen LogP contribution in [-0.4, -0.2) is 54.4 Å². The van der Waals surface area contributed by atoms with Crippen molar-refractivity contribution in [2.45, 2.75) is 45.4 Å². The van der Waals surface area contributed by atoms with Crippen molar-refractivity contribution < 1.29 is 5.11 Å². The van der Waals surface area contributed by atoms with Gasteiger partial charge in [0.1, 0.15) is 11.3 Å². The first-order valence-corrected chi connectivity index (χ1v) is 7.82. The zero-order valence-electron chi connectivity index (χ0n) is 13.5. The molecule has 22 heavy (non-hydrogen) atoms. The van der Waals surface area contributed by atoms with Crippen molar-refractivity contribution in [1.29, 1.82) is 0 Å². The van der Waals surface area contributed by atoms with Crippen molar-refractivity contribution in [2.75, 3.05) is 19.6 Å². The van der Waals surface area contributed by atoms with Crippen molar-refractivity contribution >= 4 is 0 Å². The fraction of sp³-hybridized carbons (Fsp3) is 0.667. The Morgan fingerprint density at radius 2 is 2.14 bits per heavy atom. The summed E-state index contributed by atoms with van der Waals surface area (Å²) in [5, 5.41) is 23.4. The lowest BCUT2D eigenvalue weighted by Crippen LogP contribution is -2.32. The maximum Gasteiger partial charge on any atom is 0.124 e. The Morgan fingerprint density at radius 1 is 1.32 bits per heavy atom. The number of likely N-dealkylation sites (tertiary alicyclic amines) is 1. The molecule has 0 spiro atoms. The fourth-order valence-electron chi connectivity index (χ4n) is 2.85. The predicted octanol–water partition coefficient (Wildman–Crippen LogP) is 0.957. The van der Waals surface area contributed by atoms with Gasteiger partial charge in [-0.1, -0.05) is 5.21 Å². The Hall–Kier alpha value is -1.73. The smallest absolute Gasteiger partial charge is 0.124 e. The van der Waals surface area contributed by atoms with Gasteiger partial charge >= 0.3 is 0 Å². The molecule has 7 nitrogen and oxygen atoms in total. The number of hydrogen-bond acceptors (Lipinski definition) is 5. The number of nitrogens with zero attached hydrogens (tertiary/aromatic N) is 6. The Bertz CT molecular complexity index is 634. The summed E-state index contributed by atoms with van der Waals surface area (Å²) in [6.45, 7) is 9.32. The van der Waals surface area contributed by atoms with E-state index in [1.807, 2.05) is 30.2 Å². The van der Waals surface area contributed by atoms with E-state index in [-0.39, 0.29) is 6.04 Å². The average molecular weight is 304 g/mol. The lowest BCUT2D eigenvalue weighted by molar-refractivity contribution is 0.0412. The highest BCUT2D eigenvalue weighted by atomic mass is 16.3. The van der Waals surface area contributed by atoms with Crippen LogP contribution in [0.2, 0.25) is 0 Å². The third-order valence-electron chi connectivity index (χ3n) is 4.25. The van der Waals surface area contributed by atoms with Crippen LogP contribution in [0.4, 0.5) is 0 Å². The zero-order valence-corrected chi connectivity index (χ0v) is 13.5.